The maximum absolute atomic E-state index is 13.1. The van der Waals surface area contributed by atoms with Crippen molar-refractivity contribution in [1.82, 2.24) is 0 Å². The summed E-state index contributed by atoms with van der Waals surface area (Å²) in [5.41, 5.74) is 2.54. The van der Waals surface area contributed by atoms with Crippen molar-refractivity contribution >= 4 is 15.5 Å². The summed E-state index contributed by atoms with van der Waals surface area (Å²) in [7, 11) is -3.50. The van der Waals surface area contributed by atoms with Crippen molar-refractivity contribution in [2.45, 2.75) is 4.90 Å². The summed E-state index contributed by atoms with van der Waals surface area (Å²) < 4.78 is 35.0. The summed E-state index contributed by atoms with van der Waals surface area (Å²) in [4.78, 5) is -0.327. The molecule has 0 bridgehead atoms. The van der Waals surface area contributed by atoms with Gasteiger partial charge in [-0.1, -0.05) is 0 Å². The number of halogens is 1. The van der Waals surface area contributed by atoms with Gasteiger partial charge in [0.05, 0.1) is 5.69 Å². The van der Waals surface area contributed by atoms with E-state index in [1.54, 1.807) is 0 Å². The van der Waals surface area contributed by atoms with Crippen molar-refractivity contribution in [2.24, 2.45) is 5.84 Å². The van der Waals surface area contributed by atoms with Crippen LogP contribution in [0.1, 0.15) is 0 Å². The van der Waals surface area contributed by atoms with Crippen LogP contribution in [0.4, 0.5) is 10.1 Å². The second-order valence-corrected chi connectivity index (χ2v) is 4.55. The molecule has 1 aromatic rings. The summed E-state index contributed by atoms with van der Waals surface area (Å²) >= 11 is 0. The molecule has 72 valence electrons. The van der Waals surface area contributed by atoms with Gasteiger partial charge < -0.3 is 5.43 Å². The van der Waals surface area contributed by atoms with Crippen LogP contribution in [0.3, 0.4) is 0 Å². The first-order chi connectivity index (χ1) is 5.95. The molecule has 3 N–H and O–H groups in total. The van der Waals surface area contributed by atoms with Crippen LogP contribution in [0.2, 0.25) is 0 Å². The van der Waals surface area contributed by atoms with Gasteiger partial charge >= 0.3 is 0 Å². The summed E-state index contributed by atoms with van der Waals surface area (Å²) in [5.74, 6) is 4.20. The van der Waals surface area contributed by atoms with Crippen molar-refractivity contribution < 1.29 is 12.8 Å². The van der Waals surface area contributed by atoms with E-state index >= 15 is 0 Å². The van der Waals surface area contributed by atoms with Crippen molar-refractivity contribution in [3.05, 3.63) is 24.0 Å². The molecular formula is C7H9FN2O2S. The Morgan fingerprint density at radius 2 is 2.08 bits per heavy atom. The third kappa shape index (κ3) is 2.16. The Bertz CT molecular complexity index is 417. The zero-order valence-corrected chi connectivity index (χ0v) is 7.73. The second-order valence-electron chi connectivity index (χ2n) is 2.56. The Labute approximate surface area is 75.4 Å². The van der Waals surface area contributed by atoms with E-state index < -0.39 is 15.7 Å². The number of nitrogens with one attached hydrogen (secondary N) is 1. The third-order valence-electron chi connectivity index (χ3n) is 1.50. The molecule has 0 aromatic heterocycles. The highest BCUT2D eigenvalue weighted by atomic mass is 32.2. The maximum atomic E-state index is 13.1. The first-order valence-electron chi connectivity index (χ1n) is 3.41. The predicted octanol–water partition coefficient (Wildman–Crippen LogP) is 0.515. The SMILES string of the molecule is CS(=O)(=O)c1ccc(NN)cc1F. The Balaban J connectivity index is 3.29. The van der Waals surface area contributed by atoms with Crippen LogP contribution in [-0.4, -0.2) is 14.7 Å². The van der Waals surface area contributed by atoms with Gasteiger partial charge in [0.2, 0.25) is 0 Å². The fraction of sp³-hybridized carbons (Fsp3) is 0.143. The molecule has 0 radical (unpaired) electrons. The molecule has 4 nitrogen and oxygen atoms in total. The lowest BCUT2D eigenvalue weighted by atomic mass is 10.3. The lowest BCUT2D eigenvalue weighted by Gasteiger charge is -2.03. The van der Waals surface area contributed by atoms with Crippen molar-refractivity contribution in [2.75, 3.05) is 11.7 Å². The molecule has 0 aliphatic rings. The molecule has 0 aliphatic heterocycles. The Morgan fingerprint density at radius 3 is 2.46 bits per heavy atom. The topological polar surface area (TPSA) is 72.2 Å². The number of sulfone groups is 1. The molecule has 0 saturated carbocycles. The molecule has 1 rings (SSSR count). The minimum atomic E-state index is -3.50. The fourth-order valence-corrected chi connectivity index (χ4v) is 1.62. The van der Waals surface area contributed by atoms with Crippen LogP contribution in [0.25, 0.3) is 0 Å². The monoisotopic (exact) mass is 204 g/mol. The van der Waals surface area contributed by atoms with Crippen LogP contribution in [0.5, 0.6) is 0 Å². The number of rotatable bonds is 2. The summed E-state index contributed by atoms with van der Waals surface area (Å²) in [5, 5.41) is 0. The molecule has 0 aliphatic carbocycles. The summed E-state index contributed by atoms with van der Waals surface area (Å²) in [6.45, 7) is 0. The number of hydrazine groups is 1. The Hall–Kier alpha value is -1.14. The second kappa shape index (κ2) is 3.31. The Morgan fingerprint density at radius 1 is 1.46 bits per heavy atom. The standard InChI is InChI=1S/C7H9FN2O2S/c1-13(11,12)7-3-2-5(10-9)4-6(7)8/h2-4,10H,9H2,1H3. The van der Waals surface area contributed by atoms with E-state index in [4.69, 9.17) is 5.84 Å². The van der Waals surface area contributed by atoms with Gasteiger partial charge in [-0.05, 0) is 18.2 Å². The number of nitrogens with two attached hydrogens (primary N) is 1. The quantitative estimate of drug-likeness (QED) is 0.544. The van der Waals surface area contributed by atoms with E-state index in [-0.39, 0.29) is 4.90 Å². The Kier molecular flexibility index (Phi) is 2.53. The molecule has 0 unspecified atom stereocenters. The van der Waals surface area contributed by atoms with Gasteiger partial charge in [-0.25, -0.2) is 12.8 Å². The van der Waals surface area contributed by atoms with E-state index in [2.05, 4.69) is 5.43 Å². The van der Waals surface area contributed by atoms with Crippen molar-refractivity contribution in [3.8, 4) is 0 Å². The number of benzene rings is 1. The molecule has 13 heavy (non-hydrogen) atoms. The molecule has 0 saturated heterocycles. The lowest BCUT2D eigenvalue weighted by Crippen LogP contribution is -2.08. The molecule has 0 fully saturated rings. The van der Waals surface area contributed by atoms with Crippen LogP contribution >= 0.6 is 0 Å². The van der Waals surface area contributed by atoms with Gasteiger partial charge in [0.15, 0.2) is 9.84 Å². The maximum Gasteiger partial charge on any atom is 0.178 e. The van der Waals surface area contributed by atoms with E-state index in [0.717, 1.165) is 12.3 Å². The molecule has 0 spiro atoms. The van der Waals surface area contributed by atoms with Gasteiger partial charge in [0.1, 0.15) is 10.7 Å². The smallest absolute Gasteiger partial charge is 0.178 e. The minimum Gasteiger partial charge on any atom is -0.324 e. The van der Waals surface area contributed by atoms with Crippen LogP contribution in [0, 0.1) is 5.82 Å². The number of nitrogen functional groups attached to an aromatic ring is 1. The predicted molar refractivity (Wildman–Crippen MR) is 47.3 cm³/mol. The van der Waals surface area contributed by atoms with Crippen LogP contribution in [-0.2, 0) is 9.84 Å². The van der Waals surface area contributed by atoms with Gasteiger partial charge in [-0.2, -0.15) is 0 Å². The molecule has 0 heterocycles. The first-order valence-corrected chi connectivity index (χ1v) is 5.30. The fourth-order valence-electron chi connectivity index (χ4n) is 0.891. The molecule has 6 heteroatoms. The van der Waals surface area contributed by atoms with E-state index in [1.165, 1.54) is 12.1 Å². The zero-order valence-electron chi connectivity index (χ0n) is 6.91. The van der Waals surface area contributed by atoms with E-state index in [0.29, 0.717) is 5.69 Å². The van der Waals surface area contributed by atoms with Crippen LogP contribution in [0.15, 0.2) is 23.1 Å². The van der Waals surface area contributed by atoms with E-state index in [9.17, 15) is 12.8 Å². The van der Waals surface area contributed by atoms with Gasteiger partial charge in [-0.3, -0.25) is 5.84 Å². The summed E-state index contributed by atoms with van der Waals surface area (Å²) in [6.07, 6.45) is 0.945. The molecule has 1 aromatic carbocycles. The zero-order chi connectivity index (χ0) is 10.1. The normalized spacial score (nSPS) is 11.3. The number of hydrogen-bond donors (Lipinski definition) is 2. The average Bonchev–Trinajstić information content (AvgIpc) is 2.01. The minimum absolute atomic E-state index is 0.324. The number of hydrogen-bond acceptors (Lipinski definition) is 4. The molecular weight excluding hydrogens is 195 g/mol. The largest absolute Gasteiger partial charge is 0.324 e. The highest BCUT2D eigenvalue weighted by molar-refractivity contribution is 7.90. The highest BCUT2D eigenvalue weighted by Gasteiger charge is 2.13. The average molecular weight is 204 g/mol. The third-order valence-corrected chi connectivity index (χ3v) is 2.63. The highest BCUT2D eigenvalue weighted by Crippen LogP contribution is 2.17. The molecule has 0 amide bonds. The first kappa shape index (κ1) is 9.94. The van der Waals surface area contributed by atoms with Gasteiger partial charge in [0.25, 0.3) is 0 Å². The lowest BCUT2D eigenvalue weighted by molar-refractivity contribution is 0.571. The van der Waals surface area contributed by atoms with Gasteiger partial charge in [-0.15, -0.1) is 0 Å². The van der Waals surface area contributed by atoms with Crippen molar-refractivity contribution in [1.29, 1.82) is 0 Å². The number of anilines is 1. The van der Waals surface area contributed by atoms with E-state index in [1.807, 2.05) is 0 Å². The van der Waals surface area contributed by atoms with Crippen LogP contribution < -0.4 is 11.3 Å². The van der Waals surface area contributed by atoms with Crippen molar-refractivity contribution in [3.63, 3.8) is 0 Å². The van der Waals surface area contributed by atoms with Gasteiger partial charge in [0, 0.05) is 6.26 Å². The summed E-state index contributed by atoms with van der Waals surface area (Å²) in [6, 6.07) is 3.58. The molecule has 0 atom stereocenters.